The molecule has 25 heavy (non-hydrogen) atoms. The highest BCUT2D eigenvalue weighted by Gasteiger charge is 2.32. The summed E-state index contributed by atoms with van der Waals surface area (Å²) in [4.78, 5) is 8.48. The maximum Gasteiger partial charge on any atom is 0.433 e. The quantitative estimate of drug-likeness (QED) is 0.143. The highest BCUT2D eigenvalue weighted by Crippen LogP contribution is 2.27. The molecule has 1 heterocycles. The van der Waals surface area contributed by atoms with Crippen LogP contribution >= 0.6 is 0 Å². The zero-order valence-electron chi connectivity index (χ0n) is 13.8. The first kappa shape index (κ1) is 21.2. The fraction of sp³-hybridized carbons (Fsp3) is 0.500. The van der Waals surface area contributed by atoms with E-state index in [4.69, 9.17) is 10.6 Å². The molecule has 11 heteroatoms. The third-order valence-electron chi connectivity index (χ3n) is 3.11. The van der Waals surface area contributed by atoms with Crippen LogP contribution in [0.3, 0.4) is 0 Å². The summed E-state index contributed by atoms with van der Waals surface area (Å²) in [5.41, 5.74) is 7.04. The number of hydrogen-bond acceptors (Lipinski definition) is 3. The topological polar surface area (TPSA) is 89.6 Å². The lowest BCUT2D eigenvalue weighted by molar-refractivity contribution is -0.141. The summed E-state index contributed by atoms with van der Waals surface area (Å²) >= 11 is 0. The fourth-order valence-electron chi connectivity index (χ4n) is 1.66. The minimum atomic E-state index is -4.55. The second-order valence-corrected chi connectivity index (χ2v) is 7.51. The van der Waals surface area contributed by atoms with E-state index in [1.807, 2.05) is 0 Å². The van der Waals surface area contributed by atoms with Crippen molar-refractivity contribution in [3.63, 3.8) is 0 Å². The molecular formula is C14H20F4N4O2S. The van der Waals surface area contributed by atoms with Crippen LogP contribution in [0.2, 0.25) is 0 Å². The van der Waals surface area contributed by atoms with Gasteiger partial charge in [0.2, 0.25) is 5.96 Å². The van der Waals surface area contributed by atoms with E-state index in [9.17, 15) is 21.8 Å². The monoisotopic (exact) mass is 384 g/mol. The van der Waals surface area contributed by atoms with Gasteiger partial charge in [0.25, 0.3) is 0 Å². The van der Waals surface area contributed by atoms with Crippen LogP contribution < -0.4 is 11.2 Å². The summed E-state index contributed by atoms with van der Waals surface area (Å²) in [6.07, 6.45) is -1.46. The number of hydrogen-bond donors (Lipinski definition) is 2. The number of guanidine groups is 1. The Morgan fingerprint density at radius 2 is 2.08 bits per heavy atom. The molecule has 3 N–H and O–H groups in total. The third-order valence-corrected chi connectivity index (χ3v) is 5.02. The lowest BCUT2D eigenvalue weighted by Gasteiger charge is -2.10. The van der Waals surface area contributed by atoms with Crippen LogP contribution in [0.15, 0.2) is 22.7 Å². The molecule has 0 bridgehead atoms. The molecule has 1 unspecified atom stereocenters. The van der Waals surface area contributed by atoms with Crippen LogP contribution in [0, 0.1) is 0 Å². The van der Waals surface area contributed by atoms with Crippen LogP contribution in [0.4, 0.5) is 17.6 Å². The molecule has 0 aliphatic carbocycles. The van der Waals surface area contributed by atoms with E-state index < -0.39 is 28.3 Å². The van der Waals surface area contributed by atoms with Gasteiger partial charge in [0.1, 0.15) is 5.69 Å². The van der Waals surface area contributed by atoms with Crippen molar-refractivity contribution in [2.45, 2.75) is 25.9 Å². The molecule has 6 nitrogen and oxygen atoms in total. The number of halogens is 4. The van der Waals surface area contributed by atoms with Crippen molar-refractivity contribution < 1.29 is 26.6 Å². The molecule has 0 saturated heterocycles. The maximum absolute atomic E-state index is 12.6. The third kappa shape index (κ3) is 6.86. The molecule has 142 valence electrons. The molecule has 0 spiro atoms. The Hall–Kier alpha value is -1.88. The van der Waals surface area contributed by atoms with Crippen LogP contribution in [0.5, 0.6) is 0 Å². The SMILES string of the molecule is CC(c1ccc(C(F)(F)F)nc1)=S(C)(=O)N=C(N)NOCCCCF. The first-order valence-corrected chi connectivity index (χ1v) is 9.16. The van der Waals surface area contributed by atoms with Crippen LogP contribution in [0.25, 0.3) is 0 Å². The van der Waals surface area contributed by atoms with E-state index in [0.717, 1.165) is 12.3 Å². The summed E-state index contributed by atoms with van der Waals surface area (Å²) in [5.74, 6) is -0.257. The second kappa shape index (κ2) is 8.99. The molecular weight excluding hydrogens is 364 g/mol. The average Bonchev–Trinajstić information content (AvgIpc) is 2.52. The number of nitrogens with two attached hydrogens (primary N) is 1. The predicted molar refractivity (Wildman–Crippen MR) is 89.0 cm³/mol. The van der Waals surface area contributed by atoms with Gasteiger partial charge >= 0.3 is 6.18 Å². The van der Waals surface area contributed by atoms with Gasteiger partial charge in [0.05, 0.1) is 23.0 Å². The van der Waals surface area contributed by atoms with E-state index in [1.54, 1.807) is 0 Å². The van der Waals surface area contributed by atoms with Crippen molar-refractivity contribution in [1.82, 2.24) is 10.5 Å². The second-order valence-electron chi connectivity index (χ2n) is 5.11. The number of hydroxylamine groups is 1. The van der Waals surface area contributed by atoms with E-state index >= 15 is 0 Å². The molecule has 1 rings (SSSR count). The Labute approximate surface area is 143 Å². The Morgan fingerprint density at radius 3 is 2.60 bits per heavy atom. The number of aromatic nitrogens is 1. The standard InChI is InChI=1S/C14H20F4N4O2S/c1-10(11-5-6-12(20-9-11)14(16,17)18)25(2,23)22-13(19)21-24-8-4-3-7-15/h5-6,9H,3-4,7-8H2,1-2H3,(H3,19,21,22,23). The van der Waals surface area contributed by atoms with Crippen molar-refractivity contribution in [2.24, 2.45) is 10.1 Å². The van der Waals surface area contributed by atoms with Crippen molar-refractivity contribution in [2.75, 3.05) is 19.5 Å². The molecule has 1 atom stereocenters. The number of nitrogens with one attached hydrogen (secondary N) is 1. The first-order valence-electron chi connectivity index (χ1n) is 7.23. The highest BCUT2D eigenvalue weighted by molar-refractivity contribution is 8.01. The molecule has 0 aliphatic rings. The number of unbranched alkanes of at least 4 members (excludes halogenated alkanes) is 1. The van der Waals surface area contributed by atoms with Crippen molar-refractivity contribution in [3.8, 4) is 0 Å². The molecule has 1 aromatic heterocycles. The molecule has 0 radical (unpaired) electrons. The maximum atomic E-state index is 12.6. The van der Waals surface area contributed by atoms with Crippen molar-refractivity contribution in [3.05, 3.63) is 29.6 Å². The van der Waals surface area contributed by atoms with Gasteiger partial charge in [0.15, 0.2) is 0 Å². The van der Waals surface area contributed by atoms with E-state index in [1.165, 1.54) is 19.2 Å². The smallest absolute Gasteiger partial charge is 0.367 e. The van der Waals surface area contributed by atoms with E-state index in [2.05, 4.69) is 14.9 Å². The zero-order chi connectivity index (χ0) is 19.1. The van der Waals surface area contributed by atoms with Crippen molar-refractivity contribution in [1.29, 1.82) is 0 Å². The summed E-state index contributed by atoms with van der Waals surface area (Å²) in [6, 6.07) is 1.97. The van der Waals surface area contributed by atoms with Gasteiger partial charge in [-0.1, -0.05) is 6.07 Å². The number of pyridine rings is 1. The van der Waals surface area contributed by atoms with Gasteiger partial charge < -0.3 is 5.73 Å². The van der Waals surface area contributed by atoms with Crippen molar-refractivity contribution >= 4 is 20.5 Å². The largest absolute Gasteiger partial charge is 0.433 e. The fourth-order valence-corrected chi connectivity index (χ4v) is 2.76. The Balaban J connectivity index is 2.89. The Morgan fingerprint density at radius 1 is 1.40 bits per heavy atom. The number of rotatable bonds is 7. The minimum absolute atomic E-state index is 0.191. The van der Waals surface area contributed by atoms with Gasteiger partial charge in [0, 0.05) is 22.9 Å². The number of alkyl halides is 4. The summed E-state index contributed by atoms with van der Waals surface area (Å²) in [5, 5.41) is 0. The Kier molecular flexibility index (Phi) is 7.61. The van der Waals surface area contributed by atoms with Gasteiger partial charge in [-0.3, -0.25) is 14.2 Å². The summed E-state index contributed by atoms with van der Waals surface area (Å²) in [7, 11) is -3.00. The Bertz CT molecular complexity index is 711. The zero-order valence-corrected chi connectivity index (χ0v) is 14.6. The molecule has 0 aromatic carbocycles. The summed E-state index contributed by atoms with van der Waals surface area (Å²) in [6.45, 7) is 1.20. The molecule has 0 amide bonds. The lowest BCUT2D eigenvalue weighted by Crippen LogP contribution is -2.33. The molecule has 0 fully saturated rings. The molecule has 0 aliphatic heterocycles. The summed E-state index contributed by atoms with van der Waals surface area (Å²) < 4.78 is 65.9. The predicted octanol–water partition coefficient (Wildman–Crippen LogP) is 2.06. The first-order chi connectivity index (χ1) is 11.6. The van der Waals surface area contributed by atoms with Crippen LogP contribution in [0.1, 0.15) is 31.0 Å². The van der Waals surface area contributed by atoms with E-state index in [0.29, 0.717) is 12.8 Å². The van der Waals surface area contributed by atoms with Gasteiger partial charge in [-0.15, -0.1) is 0 Å². The molecule has 0 saturated carbocycles. The van der Waals surface area contributed by atoms with Gasteiger partial charge in [-0.25, -0.2) is 9.69 Å². The minimum Gasteiger partial charge on any atom is -0.367 e. The highest BCUT2D eigenvalue weighted by atomic mass is 32.2. The average molecular weight is 384 g/mol. The lowest BCUT2D eigenvalue weighted by atomic mass is 10.2. The van der Waals surface area contributed by atoms with Crippen LogP contribution in [-0.2, 0) is 20.7 Å². The van der Waals surface area contributed by atoms with E-state index in [-0.39, 0.29) is 23.0 Å². The normalized spacial score (nSPS) is 14.9. The molecule has 1 aromatic rings. The van der Waals surface area contributed by atoms with Gasteiger partial charge in [-0.05, 0) is 25.8 Å². The number of nitrogens with zero attached hydrogens (tertiary/aromatic N) is 2. The van der Waals surface area contributed by atoms with Crippen LogP contribution in [-0.4, -0.2) is 39.6 Å². The van der Waals surface area contributed by atoms with Gasteiger partial charge in [-0.2, -0.15) is 17.6 Å².